The van der Waals surface area contributed by atoms with Crippen LogP contribution in [0.5, 0.6) is 0 Å². The molecule has 0 aromatic heterocycles. The van der Waals surface area contributed by atoms with Gasteiger partial charge in [0.25, 0.3) is 5.91 Å². The number of anilines is 1. The van der Waals surface area contributed by atoms with Crippen molar-refractivity contribution >= 4 is 23.2 Å². The smallest absolute Gasteiger partial charge is 0.250 e. The minimum absolute atomic E-state index is 0.0888. The molecule has 0 aliphatic rings. The summed E-state index contributed by atoms with van der Waals surface area (Å²) in [5.41, 5.74) is 5.82. The van der Waals surface area contributed by atoms with E-state index >= 15 is 0 Å². The maximum Gasteiger partial charge on any atom is 0.250 e. The van der Waals surface area contributed by atoms with Crippen LogP contribution in [-0.2, 0) is 0 Å². The van der Waals surface area contributed by atoms with Gasteiger partial charge in [0, 0.05) is 18.1 Å². The Labute approximate surface area is 115 Å². The summed E-state index contributed by atoms with van der Waals surface area (Å²) in [6, 6.07) is 4.70. The normalized spacial score (nSPS) is 10.0. The van der Waals surface area contributed by atoms with Gasteiger partial charge in [-0.05, 0) is 12.1 Å². The van der Waals surface area contributed by atoms with Crippen molar-refractivity contribution in [2.24, 2.45) is 5.73 Å². The van der Waals surface area contributed by atoms with Crippen LogP contribution in [0.25, 0.3) is 0 Å². The molecule has 1 aromatic rings. The third-order valence-corrected chi connectivity index (χ3v) is 2.73. The highest BCUT2D eigenvalue weighted by Gasteiger charge is 2.19. The van der Waals surface area contributed by atoms with Crippen LogP contribution in [0.15, 0.2) is 12.1 Å². The van der Waals surface area contributed by atoms with E-state index in [2.05, 4.69) is 0 Å². The summed E-state index contributed by atoms with van der Waals surface area (Å²) in [5, 5.41) is 27.4. The molecule has 0 unspecified atom stereocenters. The van der Waals surface area contributed by atoms with Crippen molar-refractivity contribution < 1.29 is 15.0 Å². The summed E-state index contributed by atoms with van der Waals surface area (Å²) in [4.78, 5) is 13.0. The number of nitriles is 1. The molecule has 4 N–H and O–H groups in total. The second-order valence-corrected chi connectivity index (χ2v) is 4.20. The van der Waals surface area contributed by atoms with E-state index < -0.39 is 5.91 Å². The number of nitrogens with two attached hydrogens (primary N) is 1. The molecule has 0 saturated heterocycles. The molecule has 0 saturated carbocycles. The highest BCUT2D eigenvalue weighted by Crippen LogP contribution is 2.28. The predicted octanol–water partition coefficient (Wildman–Crippen LogP) is 0.102. The summed E-state index contributed by atoms with van der Waals surface area (Å²) in [7, 11) is 0. The van der Waals surface area contributed by atoms with Crippen LogP contribution >= 0.6 is 11.6 Å². The first-order valence-electron chi connectivity index (χ1n) is 5.55. The SMILES string of the molecule is N#Cc1cc(Cl)cc(C(N)=O)c1N(CCO)CCO. The van der Waals surface area contributed by atoms with Crippen LogP contribution in [0, 0.1) is 11.3 Å². The molecule has 0 aliphatic carbocycles. The molecule has 1 amide bonds. The molecule has 0 fully saturated rings. The number of nitrogens with zero attached hydrogens (tertiary/aromatic N) is 2. The number of halogens is 1. The molecule has 0 heterocycles. The van der Waals surface area contributed by atoms with E-state index in [9.17, 15) is 4.79 Å². The first-order chi connectivity index (χ1) is 9.04. The lowest BCUT2D eigenvalue weighted by Crippen LogP contribution is -2.32. The van der Waals surface area contributed by atoms with Gasteiger partial charge in [-0.15, -0.1) is 0 Å². The van der Waals surface area contributed by atoms with E-state index in [1.54, 1.807) is 0 Å². The molecule has 0 radical (unpaired) electrons. The molecule has 19 heavy (non-hydrogen) atoms. The standard InChI is InChI=1S/C12H14ClN3O3/c13-9-5-8(7-14)11(10(6-9)12(15)19)16(1-3-17)2-4-18/h5-6,17-18H,1-4H2,(H2,15,19). The Hall–Kier alpha value is -1.81. The Morgan fingerprint density at radius 1 is 1.37 bits per heavy atom. The highest BCUT2D eigenvalue weighted by atomic mass is 35.5. The number of hydrogen-bond donors (Lipinski definition) is 3. The third kappa shape index (κ3) is 3.58. The fraction of sp³-hybridized carbons (Fsp3) is 0.333. The van der Waals surface area contributed by atoms with Gasteiger partial charge in [0.05, 0.1) is 30.0 Å². The number of rotatable bonds is 6. The van der Waals surface area contributed by atoms with Crippen molar-refractivity contribution in [1.82, 2.24) is 0 Å². The monoisotopic (exact) mass is 283 g/mol. The first kappa shape index (κ1) is 15.2. The quantitative estimate of drug-likeness (QED) is 0.686. The van der Waals surface area contributed by atoms with Crippen molar-refractivity contribution in [2.45, 2.75) is 0 Å². The fourth-order valence-electron chi connectivity index (χ4n) is 1.79. The minimum atomic E-state index is -0.727. The largest absolute Gasteiger partial charge is 0.395 e. The molecule has 0 spiro atoms. The van der Waals surface area contributed by atoms with Gasteiger partial charge < -0.3 is 20.8 Å². The van der Waals surface area contributed by atoms with Crippen molar-refractivity contribution in [3.8, 4) is 6.07 Å². The molecule has 7 heteroatoms. The molecular formula is C12H14ClN3O3. The van der Waals surface area contributed by atoms with E-state index in [0.29, 0.717) is 0 Å². The first-order valence-corrected chi connectivity index (χ1v) is 5.93. The Balaban J connectivity index is 3.44. The van der Waals surface area contributed by atoms with Crippen LogP contribution in [-0.4, -0.2) is 42.4 Å². The molecule has 0 aliphatic heterocycles. The van der Waals surface area contributed by atoms with E-state index in [-0.39, 0.29) is 48.1 Å². The van der Waals surface area contributed by atoms with Gasteiger partial charge in [-0.2, -0.15) is 5.26 Å². The Kier molecular flexibility index (Phi) is 5.57. The van der Waals surface area contributed by atoms with Crippen LogP contribution in [0.4, 0.5) is 5.69 Å². The maximum atomic E-state index is 11.5. The number of amides is 1. The number of hydrogen-bond acceptors (Lipinski definition) is 5. The molecular weight excluding hydrogens is 270 g/mol. The lowest BCUT2D eigenvalue weighted by molar-refractivity contribution is 0.100. The van der Waals surface area contributed by atoms with Gasteiger partial charge in [0.1, 0.15) is 6.07 Å². The van der Waals surface area contributed by atoms with E-state index in [1.807, 2.05) is 6.07 Å². The predicted molar refractivity (Wildman–Crippen MR) is 71.1 cm³/mol. The third-order valence-electron chi connectivity index (χ3n) is 2.52. The second kappa shape index (κ2) is 6.95. The number of benzene rings is 1. The van der Waals surface area contributed by atoms with E-state index in [4.69, 9.17) is 32.8 Å². The van der Waals surface area contributed by atoms with Crippen molar-refractivity contribution in [1.29, 1.82) is 5.26 Å². The zero-order valence-corrected chi connectivity index (χ0v) is 10.9. The van der Waals surface area contributed by atoms with Gasteiger partial charge in [0.2, 0.25) is 0 Å². The number of aliphatic hydroxyl groups excluding tert-OH is 2. The van der Waals surface area contributed by atoms with E-state index in [0.717, 1.165) is 0 Å². The van der Waals surface area contributed by atoms with Gasteiger partial charge in [-0.1, -0.05) is 11.6 Å². The molecule has 6 nitrogen and oxygen atoms in total. The van der Waals surface area contributed by atoms with Crippen LogP contribution < -0.4 is 10.6 Å². The fourth-order valence-corrected chi connectivity index (χ4v) is 2.01. The van der Waals surface area contributed by atoms with Crippen molar-refractivity contribution in [3.63, 3.8) is 0 Å². The number of primary amides is 1. The van der Waals surface area contributed by atoms with Gasteiger partial charge in [-0.25, -0.2) is 0 Å². The lowest BCUT2D eigenvalue weighted by Gasteiger charge is -2.26. The topological polar surface area (TPSA) is 111 Å². The highest BCUT2D eigenvalue weighted by molar-refractivity contribution is 6.31. The Morgan fingerprint density at radius 3 is 2.37 bits per heavy atom. The summed E-state index contributed by atoms with van der Waals surface area (Å²) < 4.78 is 0. The zero-order chi connectivity index (χ0) is 14.4. The maximum absolute atomic E-state index is 11.5. The molecule has 1 aromatic carbocycles. The van der Waals surface area contributed by atoms with Crippen molar-refractivity contribution in [2.75, 3.05) is 31.2 Å². The van der Waals surface area contributed by atoms with Gasteiger partial charge >= 0.3 is 0 Å². The molecule has 0 atom stereocenters. The van der Waals surface area contributed by atoms with Crippen molar-refractivity contribution in [3.05, 3.63) is 28.3 Å². The Morgan fingerprint density at radius 2 is 1.95 bits per heavy atom. The molecule has 102 valence electrons. The lowest BCUT2D eigenvalue weighted by atomic mass is 10.1. The van der Waals surface area contributed by atoms with Gasteiger partial charge in [-0.3, -0.25) is 4.79 Å². The number of aliphatic hydroxyl groups is 2. The number of carbonyl (C=O) groups is 1. The molecule has 1 rings (SSSR count). The van der Waals surface area contributed by atoms with Gasteiger partial charge in [0.15, 0.2) is 0 Å². The summed E-state index contributed by atoms with van der Waals surface area (Å²) >= 11 is 5.83. The summed E-state index contributed by atoms with van der Waals surface area (Å²) in [6.45, 7) is -0.0499. The van der Waals surface area contributed by atoms with Crippen LogP contribution in [0.3, 0.4) is 0 Å². The molecule has 0 bridgehead atoms. The Bertz CT molecular complexity index is 508. The summed E-state index contributed by atoms with van der Waals surface area (Å²) in [5.74, 6) is -0.727. The number of carbonyl (C=O) groups excluding carboxylic acids is 1. The average molecular weight is 284 g/mol. The van der Waals surface area contributed by atoms with E-state index in [1.165, 1.54) is 17.0 Å². The van der Waals surface area contributed by atoms with Crippen LogP contribution in [0.1, 0.15) is 15.9 Å². The second-order valence-electron chi connectivity index (χ2n) is 3.76. The van der Waals surface area contributed by atoms with Crippen LogP contribution in [0.2, 0.25) is 5.02 Å². The summed E-state index contributed by atoms with van der Waals surface area (Å²) in [6.07, 6.45) is 0. The average Bonchev–Trinajstić information content (AvgIpc) is 2.37. The zero-order valence-electron chi connectivity index (χ0n) is 10.1. The minimum Gasteiger partial charge on any atom is -0.395 e.